The molecule has 0 spiro atoms. The monoisotopic (exact) mass is 526 g/mol. The molecule has 2 heterocycles. The second kappa shape index (κ2) is 11.2. The van der Waals surface area contributed by atoms with E-state index < -0.39 is 15.8 Å². The molecule has 0 radical (unpaired) electrons. The SMILES string of the molecule is CCCCN(CC)S(=O)(=O)c1ccc(C(=O)N(Cc2cccnc2)c2nc3c(F)cccc3s2)cc1. The highest BCUT2D eigenvalue weighted by atomic mass is 32.2. The first-order chi connectivity index (χ1) is 17.3. The summed E-state index contributed by atoms with van der Waals surface area (Å²) in [6.45, 7) is 4.81. The normalized spacial score (nSPS) is 11.8. The predicted molar refractivity (Wildman–Crippen MR) is 140 cm³/mol. The van der Waals surface area contributed by atoms with Crippen molar-refractivity contribution in [1.29, 1.82) is 0 Å². The van der Waals surface area contributed by atoms with Crippen molar-refractivity contribution in [1.82, 2.24) is 14.3 Å². The molecule has 2 aromatic carbocycles. The molecule has 2 aromatic heterocycles. The number of aromatic nitrogens is 2. The van der Waals surface area contributed by atoms with Gasteiger partial charge in [-0.3, -0.25) is 14.7 Å². The molecule has 10 heteroatoms. The standard InChI is InChI=1S/C26H27FN4O3S2/c1-3-5-16-30(4-2)36(33,34)21-13-11-20(12-14-21)25(32)31(18-19-8-7-15-28-17-19)26-29-24-22(27)9-6-10-23(24)35-26/h6-15,17H,3-5,16,18H2,1-2H3. The topological polar surface area (TPSA) is 83.5 Å². The zero-order valence-electron chi connectivity index (χ0n) is 20.1. The molecule has 0 aliphatic heterocycles. The van der Waals surface area contributed by atoms with Gasteiger partial charge >= 0.3 is 0 Å². The van der Waals surface area contributed by atoms with Gasteiger partial charge in [-0.05, 0) is 54.4 Å². The molecule has 0 bridgehead atoms. The molecule has 1 amide bonds. The maximum absolute atomic E-state index is 14.3. The Morgan fingerprint density at radius 2 is 1.83 bits per heavy atom. The number of thiazole rings is 1. The molecule has 0 atom stereocenters. The number of rotatable bonds is 10. The Bertz CT molecular complexity index is 1440. The molecule has 0 fully saturated rings. The summed E-state index contributed by atoms with van der Waals surface area (Å²) < 4.78 is 42.5. The first-order valence-electron chi connectivity index (χ1n) is 11.7. The van der Waals surface area contributed by atoms with Crippen LogP contribution in [0, 0.1) is 5.82 Å². The number of para-hydroxylation sites is 1. The number of carbonyl (C=O) groups is 1. The molecular formula is C26H27FN4O3S2. The van der Waals surface area contributed by atoms with Crippen LogP contribution >= 0.6 is 11.3 Å². The van der Waals surface area contributed by atoms with E-state index in [1.807, 2.05) is 19.9 Å². The number of sulfonamides is 1. The zero-order valence-corrected chi connectivity index (χ0v) is 21.7. The zero-order chi connectivity index (χ0) is 25.7. The Hall–Kier alpha value is -3.21. The van der Waals surface area contributed by atoms with Crippen molar-refractivity contribution in [2.45, 2.75) is 38.1 Å². The summed E-state index contributed by atoms with van der Waals surface area (Å²) in [6.07, 6.45) is 4.96. The fourth-order valence-corrected chi connectivity index (χ4v) is 6.24. The number of hydrogen-bond acceptors (Lipinski definition) is 6. The predicted octanol–water partition coefficient (Wildman–Crippen LogP) is 5.49. The van der Waals surface area contributed by atoms with E-state index in [2.05, 4.69) is 9.97 Å². The maximum atomic E-state index is 14.3. The van der Waals surface area contributed by atoms with E-state index in [1.54, 1.807) is 30.6 Å². The van der Waals surface area contributed by atoms with Crippen molar-refractivity contribution in [3.63, 3.8) is 0 Å². The largest absolute Gasteiger partial charge is 0.279 e. The van der Waals surface area contributed by atoms with Gasteiger partial charge in [0.15, 0.2) is 5.13 Å². The summed E-state index contributed by atoms with van der Waals surface area (Å²) in [6, 6.07) is 14.2. The summed E-state index contributed by atoms with van der Waals surface area (Å²) in [7, 11) is -3.66. The number of pyridine rings is 1. The molecule has 0 N–H and O–H groups in total. The molecule has 7 nitrogen and oxygen atoms in total. The Balaban J connectivity index is 1.67. The van der Waals surface area contributed by atoms with Gasteiger partial charge in [0.05, 0.1) is 16.1 Å². The van der Waals surface area contributed by atoms with E-state index in [-0.39, 0.29) is 22.9 Å². The number of benzene rings is 2. The Labute approximate surface area is 214 Å². The van der Waals surface area contributed by atoms with Crippen molar-refractivity contribution >= 4 is 42.6 Å². The molecule has 0 saturated heterocycles. The number of anilines is 1. The fourth-order valence-electron chi connectivity index (χ4n) is 3.78. The van der Waals surface area contributed by atoms with Crippen LogP contribution in [0.25, 0.3) is 10.2 Å². The molecule has 0 saturated carbocycles. The fraction of sp³-hybridized carbons (Fsp3) is 0.269. The summed E-state index contributed by atoms with van der Waals surface area (Å²) in [5, 5.41) is 0.345. The number of halogens is 1. The van der Waals surface area contributed by atoms with Crippen molar-refractivity contribution in [2.24, 2.45) is 0 Å². The number of nitrogens with zero attached hydrogens (tertiary/aromatic N) is 4. The minimum absolute atomic E-state index is 0.137. The second-order valence-electron chi connectivity index (χ2n) is 8.21. The van der Waals surface area contributed by atoms with E-state index in [1.165, 1.54) is 50.9 Å². The first-order valence-corrected chi connectivity index (χ1v) is 14.0. The number of amides is 1. The van der Waals surface area contributed by atoms with Gasteiger partial charge in [0.25, 0.3) is 5.91 Å². The molecular weight excluding hydrogens is 499 g/mol. The van der Waals surface area contributed by atoms with Gasteiger partial charge in [-0.15, -0.1) is 0 Å². The van der Waals surface area contributed by atoms with E-state index in [4.69, 9.17) is 0 Å². The van der Waals surface area contributed by atoms with Gasteiger partial charge in [-0.1, -0.05) is 43.7 Å². The minimum Gasteiger partial charge on any atom is -0.279 e. The third kappa shape index (κ3) is 5.45. The smallest absolute Gasteiger partial charge is 0.260 e. The highest BCUT2D eigenvalue weighted by Gasteiger charge is 2.25. The molecule has 4 aromatic rings. The molecule has 4 rings (SSSR count). The van der Waals surface area contributed by atoms with Crippen LogP contribution in [0.2, 0.25) is 0 Å². The minimum atomic E-state index is -3.66. The van der Waals surface area contributed by atoms with Gasteiger partial charge in [0, 0.05) is 31.0 Å². The number of fused-ring (bicyclic) bond motifs is 1. The lowest BCUT2D eigenvalue weighted by Crippen LogP contribution is -2.32. The third-order valence-electron chi connectivity index (χ3n) is 5.75. The number of hydrogen-bond donors (Lipinski definition) is 0. The Morgan fingerprint density at radius 3 is 2.47 bits per heavy atom. The van der Waals surface area contributed by atoms with E-state index >= 15 is 0 Å². The van der Waals surface area contributed by atoms with Crippen LogP contribution in [0.15, 0.2) is 71.9 Å². The molecule has 0 aliphatic rings. The summed E-state index contributed by atoms with van der Waals surface area (Å²) in [4.78, 5) is 23.7. The van der Waals surface area contributed by atoms with Crippen molar-refractivity contribution in [3.8, 4) is 0 Å². The Kier molecular flexibility index (Phi) is 8.07. The van der Waals surface area contributed by atoms with Crippen LogP contribution in [0.1, 0.15) is 42.6 Å². The van der Waals surface area contributed by atoms with Crippen molar-refractivity contribution in [2.75, 3.05) is 18.0 Å². The highest BCUT2D eigenvalue weighted by molar-refractivity contribution is 7.89. The van der Waals surface area contributed by atoms with Gasteiger partial charge < -0.3 is 0 Å². The number of carbonyl (C=O) groups excluding carboxylic acids is 1. The average molecular weight is 527 g/mol. The number of unbranched alkanes of at least 4 members (excludes halogenated alkanes) is 1. The highest BCUT2D eigenvalue weighted by Crippen LogP contribution is 2.32. The summed E-state index contributed by atoms with van der Waals surface area (Å²) in [5.74, 6) is -0.831. The van der Waals surface area contributed by atoms with E-state index in [9.17, 15) is 17.6 Å². The lowest BCUT2D eigenvalue weighted by molar-refractivity contribution is 0.0985. The van der Waals surface area contributed by atoms with Gasteiger partial charge in [0.2, 0.25) is 10.0 Å². The maximum Gasteiger partial charge on any atom is 0.260 e. The van der Waals surface area contributed by atoms with Crippen LogP contribution in [-0.4, -0.2) is 41.7 Å². The van der Waals surface area contributed by atoms with Gasteiger partial charge in [-0.2, -0.15) is 4.31 Å². The average Bonchev–Trinajstić information content (AvgIpc) is 3.33. The van der Waals surface area contributed by atoms with Gasteiger partial charge in [0.1, 0.15) is 11.3 Å². The molecule has 36 heavy (non-hydrogen) atoms. The molecule has 0 aliphatic carbocycles. The quantitative estimate of drug-likeness (QED) is 0.273. The van der Waals surface area contributed by atoms with Crippen LogP contribution < -0.4 is 4.90 Å². The Morgan fingerprint density at radius 1 is 1.06 bits per heavy atom. The molecule has 188 valence electrons. The van der Waals surface area contributed by atoms with Crippen LogP contribution in [0.5, 0.6) is 0 Å². The van der Waals surface area contributed by atoms with Gasteiger partial charge in [-0.25, -0.2) is 17.8 Å². The van der Waals surface area contributed by atoms with Crippen LogP contribution in [0.3, 0.4) is 0 Å². The third-order valence-corrected chi connectivity index (χ3v) is 8.78. The van der Waals surface area contributed by atoms with Crippen molar-refractivity contribution in [3.05, 3.63) is 83.9 Å². The van der Waals surface area contributed by atoms with Crippen LogP contribution in [0.4, 0.5) is 9.52 Å². The summed E-state index contributed by atoms with van der Waals surface area (Å²) in [5.41, 5.74) is 1.28. The van der Waals surface area contributed by atoms with Crippen molar-refractivity contribution < 1.29 is 17.6 Å². The molecule has 0 unspecified atom stereocenters. The second-order valence-corrected chi connectivity index (χ2v) is 11.2. The lowest BCUT2D eigenvalue weighted by Gasteiger charge is -2.21. The first kappa shape index (κ1) is 25.9. The van der Waals surface area contributed by atoms with Crippen LogP contribution in [-0.2, 0) is 16.6 Å². The van der Waals surface area contributed by atoms with E-state index in [0.717, 1.165) is 18.4 Å². The summed E-state index contributed by atoms with van der Waals surface area (Å²) >= 11 is 1.21. The lowest BCUT2D eigenvalue weighted by atomic mass is 10.2. The van der Waals surface area contributed by atoms with E-state index in [0.29, 0.717) is 28.5 Å².